The molecule has 0 atom stereocenters. The van der Waals surface area contributed by atoms with Crippen LogP contribution in [0.25, 0.3) is 10.8 Å². The first-order chi connectivity index (χ1) is 12.8. The van der Waals surface area contributed by atoms with E-state index in [1.54, 1.807) is 18.2 Å². The first-order valence-corrected chi connectivity index (χ1v) is 8.80. The molecule has 4 heteroatoms. The van der Waals surface area contributed by atoms with Gasteiger partial charge in [-0.3, -0.25) is 0 Å². The number of unbranched alkanes of at least 4 members (excludes halogenated alkanes) is 1. The average molecular weight is 350 g/mol. The second kappa shape index (κ2) is 8.90. The third-order valence-corrected chi connectivity index (χ3v) is 3.92. The summed E-state index contributed by atoms with van der Waals surface area (Å²) in [7, 11) is 0. The number of hydrogen-bond acceptors (Lipinski definition) is 4. The Bertz CT molecular complexity index is 850. The van der Waals surface area contributed by atoms with Gasteiger partial charge in [0, 0.05) is 5.39 Å². The Morgan fingerprint density at radius 3 is 2.31 bits per heavy atom. The second-order valence-corrected chi connectivity index (χ2v) is 5.91. The van der Waals surface area contributed by atoms with Crippen molar-refractivity contribution in [1.29, 1.82) is 0 Å². The second-order valence-electron chi connectivity index (χ2n) is 5.91. The van der Waals surface area contributed by atoms with Crippen molar-refractivity contribution in [2.75, 3.05) is 13.2 Å². The summed E-state index contributed by atoms with van der Waals surface area (Å²) in [6.45, 7) is 2.67. The quantitative estimate of drug-likeness (QED) is 0.326. The molecule has 0 aliphatic heterocycles. The highest BCUT2D eigenvalue weighted by Gasteiger charge is 2.09. The average Bonchev–Trinajstić information content (AvgIpc) is 2.68. The molecule has 0 spiro atoms. The van der Waals surface area contributed by atoms with E-state index in [-0.39, 0.29) is 6.61 Å². The lowest BCUT2D eigenvalue weighted by molar-refractivity contribution is -0.136. The summed E-state index contributed by atoms with van der Waals surface area (Å²) in [4.78, 5) is 12.1. The van der Waals surface area contributed by atoms with Gasteiger partial charge in [0.2, 0.25) is 0 Å². The first-order valence-electron chi connectivity index (χ1n) is 8.80. The number of fused-ring (bicyclic) bond motifs is 1. The van der Waals surface area contributed by atoms with Crippen LogP contribution in [0, 0.1) is 0 Å². The number of esters is 1. The van der Waals surface area contributed by atoms with Gasteiger partial charge in [-0.25, -0.2) is 4.79 Å². The maximum absolute atomic E-state index is 12.1. The minimum atomic E-state index is -0.440. The highest BCUT2D eigenvalue weighted by molar-refractivity contribution is 5.90. The molecule has 0 saturated heterocycles. The van der Waals surface area contributed by atoms with Crippen LogP contribution in [-0.2, 0) is 4.79 Å². The lowest BCUT2D eigenvalue weighted by Crippen LogP contribution is -2.17. The van der Waals surface area contributed by atoms with Crippen molar-refractivity contribution in [3.63, 3.8) is 0 Å². The minimum absolute atomic E-state index is 0.154. The Morgan fingerprint density at radius 2 is 1.54 bits per heavy atom. The van der Waals surface area contributed by atoms with Crippen LogP contribution in [0.3, 0.4) is 0 Å². The molecule has 134 valence electrons. The van der Waals surface area contributed by atoms with Gasteiger partial charge >= 0.3 is 5.97 Å². The van der Waals surface area contributed by atoms with Crippen LogP contribution >= 0.6 is 0 Å². The summed E-state index contributed by atoms with van der Waals surface area (Å²) >= 11 is 0. The van der Waals surface area contributed by atoms with Gasteiger partial charge in [-0.15, -0.1) is 0 Å². The molecular weight excluding hydrogens is 328 g/mol. The number of rotatable bonds is 8. The van der Waals surface area contributed by atoms with Gasteiger partial charge in [-0.1, -0.05) is 49.7 Å². The third kappa shape index (κ3) is 4.76. The van der Waals surface area contributed by atoms with Crippen LogP contribution in [0.2, 0.25) is 0 Å². The molecule has 0 aliphatic carbocycles. The first kappa shape index (κ1) is 17.8. The topological polar surface area (TPSA) is 44.8 Å². The Hall–Kier alpha value is -3.01. The molecule has 3 aromatic carbocycles. The van der Waals surface area contributed by atoms with Crippen molar-refractivity contribution in [1.82, 2.24) is 0 Å². The van der Waals surface area contributed by atoms with E-state index in [1.165, 1.54) is 0 Å². The van der Waals surface area contributed by atoms with E-state index >= 15 is 0 Å². The van der Waals surface area contributed by atoms with Gasteiger partial charge in [0.15, 0.2) is 6.61 Å². The molecule has 0 saturated carbocycles. The molecule has 0 aromatic heterocycles. The van der Waals surface area contributed by atoms with E-state index in [1.807, 2.05) is 48.5 Å². The van der Waals surface area contributed by atoms with E-state index < -0.39 is 5.97 Å². The summed E-state index contributed by atoms with van der Waals surface area (Å²) in [5.41, 5.74) is 0. The highest BCUT2D eigenvalue weighted by Crippen LogP contribution is 2.25. The lowest BCUT2D eigenvalue weighted by Gasteiger charge is -2.10. The molecule has 3 aromatic rings. The molecule has 0 unspecified atom stereocenters. The van der Waals surface area contributed by atoms with Crippen molar-refractivity contribution in [3.05, 3.63) is 66.7 Å². The third-order valence-electron chi connectivity index (χ3n) is 3.92. The number of ether oxygens (including phenoxy) is 3. The SMILES string of the molecule is CCCCOc1ccc(OCC(=O)Oc2cccc3ccccc23)cc1. The molecule has 0 bridgehead atoms. The molecule has 0 fully saturated rings. The van der Waals surface area contributed by atoms with Crippen LogP contribution in [0.4, 0.5) is 0 Å². The fourth-order valence-electron chi connectivity index (χ4n) is 2.55. The summed E-state index contributed by atoms with van der Waals surface area (Å²) in [6.07, 6.45) is 2.12. The van der Waals surface area contributed by atoms with Gasteiger partial charge in [-0.2, -0.15) is 0 Å². The van der Waals surface area contributed by atoms with Gasteiger partial charge in [0.25, 0.3) is 0 Å². The van der Waals surface area contributed by atoms with Crippen molar-refractivity contribution in [2.24, 2.45) is 0 Å². The molecule has 26 heavy (non-hydrogen) atoms. The van der Waals surface area contributed by atoms with Crippen molar-refractivity contribution in [3.8, 4) is 17.2 Å². The molecule has 0 N–H and O–H groups in total. The molecule has 0 amide bonds. The zero-order valence-electron chi connectivity index (χ0n) is 14.8. The van der Waals surface area contributed by atoms with Gasteiger partial charge in [0.05, 0.1) is 6.61 Å². The van der Waals surface area contributed by atoms with Crippen LogP contribution in [-0.4, -0.2) is 19.2 Å². The van der Waals surface area contributed by atoms with E-state index in [0.717, 1.165) is 29.4 Å². The molecule has 0 aliphatic rings. The molecule has 0 radical (unpaired) electrons. The van der Waals surface area contributed by atoms with Gasteiger partial charge < -0.3 is 14.2 Å². The maximum atomic E-state index is 12.1. The number of carbonyl (C=O) groups is 1. The largest absolute Gasteiger partial charge is 0.494 e. The fourth-order valence-corrected chi connectivity index (χ4v) is 2.55. The van der Waals surface area contributed by atoms with E-state index in [2.05, 4.69) is 6.92 Å². The monoisotopic (exact) mass is 350 g/mol. The standard InChI is InChI=1S/C22H22O4/c1-2-3-15-24-18-11-13-19(14-12-18)25-16-22(23)26-21-10-6-8-17-7-4-5-9-20(17)21/h4-14H,2-3,15-16H2,1H3. The smallest absolute Gasteiger partial charge is 0.349 e. The summed E-state index contributed by atoms with van der Waals surface area (Å²) in [5.74, 6) is 1.49. The van der Waals surface area contributed by atoms with Crippen LogP contribution in [0.15, 0.2) is 66.7 Å². The van der Waals surface area contributed by atoms with Crippen LogP contribution < -0.4 is 14.2 Å². The Balaban J connectivity index is 1.54. The van der Waals surface area contributed by atoms with E-state index in [0.29, 0.717) is 18.1 Å². The zero-order valence-corrected chi connectivity index (χ0v) is 14.8. The molecule has 4 nitrogen and oxygen atoms in total. The normalized spacial score (nSPS) is 10.5. The Labute approximate surface area is 153 Å². The summed E-state index contributed by atoms with van der Waals surface area (Å²) < 4.78 is 16.6. The molecule has 3 rings (SSSR count). The minimum Gasteiger partial charge on any atom is -0.494 e. The predicted octanol–water partition coefficient (Wildman–Crippen LogP) is 5.00. The number of benzene rings is 3. The Kier molecular flexibility index (Phi) is 6.09. The fraction of sp³-hybridized carbons (Fsp3) is 0.227. The summed E-state index contributed by atoms with van der Waals surface area (Å²) in [5, 5.41) is 1.93. The number of carbonyl (C=O) groups excluding carboxylic acids is 1. The Morgan fingerprint density at radius 1 is 0.846 bits per heavy atom. The molecular formula is C22H22O4. The van der Waals surface area contributed by atoms with E-state index in [9.17, 15) is 4.79 Å². The predicted molar refractivity (Wildman–Crippen MR) is 102 cm³/mol. The van der Waals surface area contributed by atoms with Crippen LogP contribution in [0.1, 0.15) is 19.8 Å². The molecule has 0 heterocycles. The van der Waals surface area contributed by atoms with Crippen LogP contribution in [0.5, 0.6) is 17.2 Å². The lowest BCUT2D eigenvalue weighted by atomic mass is 10.1. The van der Waals surface area contributed by atoms with Crippen molar-refractivity contribution >= 4 is 16.7 Å². The highest BCUT2D eigenvalue weighted by atomic mass is 16.6. The van der Waals surface area contributed by atoms with Gasteiger partial charge in [-0.05, 0) is 42.1 Å². The number of hydrogen-bond donors (Lipinski definition) is 0. The summed E-state index contributed by atoms with van der Waals surface area (Å²) in [6, 6.07) is 20.6. The van der Waals surface area contributed by atoms with Gasteiger partial charge in [0.1, 0.15) is 17.2 Å². The maximum Gasteiger partial charge on any atom is 0.349 e. The zero-order chi connectivity index (χ0) is 18.2. The van der Waals surface area contributed by atoms with E-state index in [4.69, 9.17) is 14.2 Å². The van der Waals surface area contributed by atoms with Crippen molar-refractivity contribution in [2.45, 2.75) is 19.8 Å². The van der Waals surface area contributed by atoms with Crippen molar-refractivity contribution < 1.29 is 19.0 Å².